The van der Waals surface area contributed by atoms with Gasteiger partial charge in [0.2, 0.25) is 11.9 Å². The van der Waals surface area contributed by atoms with Gasteiger partial charge in [-0.25, -0.2) is 18.7 Å². The van der Waals surface area contributed by atoms with Crippen LogP contribution in [0.4, 0.5) is 14.7 Å². The molecule has 3 heterocycles. The zero-order valence-corrected chi connectivity index (χ0v) is 19.3. The summed E-state index contributed by atoms with van der Waals surface area (Å²) in [5, 5.41) is 15.5. The van der Waals surface area contributed by atoms with Gasteiger partial charge in [-0.3, -0.25) is 14.9 Å². The zero-order chi connectivity index (χ0) is 24.0. The lowest BCUT2D eigenvalue weighted by Gasteiger charge is -2.21. The van der Waals surface area contributed by atoms with Crippen molar-refractivity contribution in [3.05, 3.63) is 46.2 Å². The molecule has 2 N–H and O–H groups in total. The van der Waals surface area contributed by atoms with Crippen molar-refractivity contribution in [3.63, 3.8) is 0 Å². The lowest BCUT2D eigenvalue weighted by atomic mass is 10.2. The molecule has 9 nitrogen and oxygen atoms in total. The van der Waals surface area contributed by atoms with E-state index in [-0.39, 0.29) is 29.8 Å². The highest BCUT2D eigenvalue weighted by molar-refractivity contribution is 5.93. The molecule has 2 aliphatic carbocycles. The number of aromatic amines is 1. The molecule has 2 aromatic rings. The van der Waals surface area contributed by atoms with Crippen LogP contribution in [0.1, 0.15) is 60.4 Å². The Bertz CT molecular complexity index is 1140. The van der Waals surface area contributed by atoms with E-state index in [4.69, 9.17) is 0 Å². The number of hydrogen-bond donors (Lipinski definition) is 2. The van der Waals surface area contributed by atoms with E-state index < -0.39 is 6.43 Å². The van der Waals surface area contributed by atoms with E-state index in [9.17, 15) is 13.6 Å². The van der Waals surface area contributed by atoms with Gasteiger partial charge in [0, 0.05) is 49.0 Å². The minimum atomic E-state index is -2.75. The molecule has 180 valence electrons. The van der Waals surface area contributed by atoms with Crippen LogP contribution in [0.2, 0.25) is 0 Å². The summed E-state index contributed by atoms with van der Waals surface area (Å²) in [4.78, 5) is 23.2. The van der Waals surface area contributed by atoms with Crippen molar-refractivity contribution in [2.24, 2.45) is 16.9 Å². The average Bonchev–Trinajstić information content (AvgIpc) is 3.14. The quantitative estimate of drug-likeness (QED) is 0.349. The standard InChI is InChI=1S/C23H28F2N8O/c1-12(22(34)28-18-5-4-17-13(2)30-31-20(17)18)8-33(26-3)11-16-7-27-23(29-19(16)21(24)25)32-9-14-6-15(14)10-32/h7-8,14-15,18,21H,3-6,9-11H2,1-2H3,(H,28,34)(H,30,31)/b12-8+/t14?,15?,18-/m1/s1. The number of carbonyl (C=O) groups is 1. The molecule has 0 spiro atoms. The Labute approximate surface area is 196 Å². The second-order valence-corrected chi connectivity index (χ2v) is 9.37. The number of H-pyrrole nitrogens is 1. The molecule has 3 aliphatic rings. The number of alkyl halides is 2. The number of nitrogens with zero attached hydrogens (tertiary/aromatic N) is 6. The molecule has 5 rings (SSSR count). The van der Waals surface area contributed by atoms with Gasteiger partial charge in [-0.05, 0) is 50.5 Å². The number of fused-ring (bicyclic) bond motifs is 2. The van der Waals surface area contributed by atoms with Gasteiger partial charge in [0.15, 0.2) is 0 Å². The number of carbonyl (C=O) groups excluding carboxylic acids is 1. The Morgan fingerprint density at radius 3 is 2.91 bits per heavy atom. The second kappa shape index (κ2) is 8.77. The first-order valence-corrected chi connectivity index (χ1v) is 11.5. The Morgan fingerprint density at radius 2 is 2.21 bits per heavy atom. The van der Waals surface area contributed by atoms with Crippen molar-refractivity contribution in [2.75, 3.05) is 18.0 Å². The van der Waals surface area contributed by atoms with E-state index in [1.54, 1.807) is 6.92 Å². The van der Waals surface area contributed by atoms with Crippen LogP contribution in [0.3, 0.4) is 0 Å². The van der Waals surface area contributed by atoms with Gasteiger partial charge in [0.25, 0.3) is 6.43 Å². The van der Waals surface area contributed by atoms with Crippen LogP contribution < -0.4 is 10.2 Å². The van der Waals surface area contributed by atoms with Crippen molar-refractivity contribution in [2.45, 2.75) is 52.1 Å². The summed E-state index contributed by atoms with van der Waals surface area (Å²) in [5.74, 6) is 1.36. The first-order valence-electron chi connectivity index (χ1n) is 11.5. The number of hydrazone groups is 1. The van der Waals surface area contributed by atoms with Crippen molar-refractivity contribution in [1.29, 1.82) is 0 Å². The Morgan fingerprint density at radius 1 is 1.44 bits per heavy atom. The fraction of sp³-hybridized carbons (Fsp3) is 0.522. The third-order valence-corrected chi connectivity index (χ3v) is 6.99. The molecule has 1 aliphatic heterocycles. The van der Waals surface area contributed by atoms with Gasteiger partial charge in [-0.2, -0.15) is 10.2 Å². The normalized spacial score (nSPS) is 23.1. The van der Waals surface area contributed by atoms with Crippen LogP contribution >= 0.6 is 0 Å². The molecule has 2 aromatic heterocycles. The minimum absolute atomic E-state index is 0.0224. The molecule has 11 heteroatoms. The van der Waals surface area contributed by atoms with E-state index >= 15 is 0 Å². The summed E-state index contributed by atoms with van der Waals surface area (Å²) < 4.78 is 27.6. The number of aromatic nitrogens is 4. The number of nitrogens with one attached hydrogen (secondary N) is 2. The van der Waals surface area contributed by atoms with Crippen LogP contribution in [0.5, 0.6) is 0 Å². The number of piperidine rings is 1. The lowest BCUT2D eigenvalue weighted by Crippen LogP contribution is -2.29. The average molecular weight is 471 g/mol. The molecule has 1 saturated carbocycles. The molecule has 0 aromatic carbocycles. The highest BCUT2D eigenvalue weighted by atomic mass is 19.3. The van der Waals surface area contributed by atoms with E-state index in [1.165, 1.54) is 23.8 Å². The molecular formula is C23H28F2N8O. The van der Waals surface area contributed by atoms with Gasteiger partial charge in [-0.1, -0.05) is 0 Å². The second-order valence-electron chi connectivity index (χ2n) is 9.37. The smallest absolute Gasteiger partial charge is 0.280 e. The van der Waals surface area contributed by atoms with Gasteiger partial charge in [-0.15, -0.1) is 0 Å². The number of halogens is 2. The van der Waals surface area contributed by atoms with E-state index in [0.29, 0.717) is 23.4 Å². The third kappa shape index (κ3) is 4.26. The number of hydrogen-bond acceptors (Lipinski definition) is 7. The van der Waals surface area contributed by atoms with Crippen molar-refractivity contribution >= 4 is 18.6 Å². The van der Waals surface area contributed by atoms with Gasteiger partial charge >= 0.3 is 0 Å². The van der Waals surface area contributed by atoms with Gasteiger partial charge in [0.1, 0.15) is 5.69 Å². The Hall–Kier alpha value is -3.37. The molecule has 1 saturated heterocycles. The van der Waals surface area contributed by atoms with E-state index in [0.717, 1.165) is 42.9 Å². The lowest BCUT2D eigenvalue weighted by molar-refractivity contribution is -0.118. The monoisotopic (exact) mass is 470 g/mol. The van der Waals surface area contributed by atoms with E-state index in [2.05, 4.69) is 37.3 Å². The fourth-order valence-corrected chi connectivity index (χ4v) is 4.94. The third-order valence-electron chi connectivity index (χ3n) is 6.99. The van der Waals surface area contributed by atoms with Gasteiger partial charge < -0.3 is 10.2 Å². The summed E-state index contributed by atoms with van der Waals surface area (Å²) in [5.41, 5.74) is 3.34. The molecule has 0 bridgehead atoms. The molecule has 0 radical (unpaired) electrons. The summed E-state index contributed by atoms with van der Waals surface area (Å²) in [6.07, 6.45) is 3.02. The van der Waals surface area contributed by atoms with Crippen LogP contribution in [0, 0.1) is 18.8 Å². The first-order chi connectivity index (χ1) is 16.3. The predicted molar refractivity (Wildman–Crippen MR) is 122 cm³/mol. The maximum atomic E-state index is 13.8. The summed E-state index contributed by atoms with van der Waals surface area (Å²) in [6, 6.07) is -0.163. The molecular weight excluding hydrogens is 442 g/mol. The summed E-state index contributed by atoms with van der Waals surface area (Å²) in [6.45, 7) is 8.76. The van der Waals surface area contributed by atoms with Gasteiger partial charge in [0.05, 0.1) is 18.3 Å². The fourth-order valence-electron chi connectivity index (χ4n) is 4.94. The SMILES string of the molecule is C=NN(/C=C(\C)C(=O)N[C@@H]1CCc2c1n[nH]c2C)Cc1cnc(N2CC3CC3C2)nc1C(F)F. The van der Waals surface area contributed by atoms with Crippen LogP contribution in [-0.2, 0) is 17.8 Å². The first kappa shape index (κ1) is 22.4. The molecule has 2 fully saturated rings. The Kier molecular flexibility index (Phi) is 5.78. The Balaban J connectivity index is 1.27. The number of aryl methyl sites for hydroxylation is 1. The van der Waals surface area contributed by atoms with Crippen LogP contribution in [0.15, 0.2) is 23.1 Å². The molecule has 34 heavy (non-hydrogen) atoms. The largest absolute Gasteiger partial charge is 0.344 e. The van der Waals surface area contributed by atoms with Crippen LogP contribution in [-0.4, -0.2) is 50.9 Å². The molecule has 2 unspecified atom stereocenters. The predicted octanol–water partition coefficient (Wildman–Crippen LogP) is 3.03. The van der Waals surface area contributed by atoms with Crippen molar-refractivity contribution < 1.29 is 13.6 Å². The highest BCUT2D eigenvalue weighted by Gasteiger charge is 2.46. The number of anilines is 1. The summed E-state index contributed by atoms with van der Waals surface area (Å²) in [7, 11) is 0. The van der Waals surface area contributed by atoms with Crippen LogP contribution in [0.25, 0.3) is 0 Å². The molecule has 1 amide bonds. The molecule has 3 atom stereocenters. The summed E-state index contributed by atoms with van der Waals surface area (Å²) >= 11 is 0. The topological polar surface area (TPSA) is 102 Å². The minimum Gasteiger partial charge on any atom is -0.344 e. The van der Waals surface area contributed by atoms with Crippen molar-refractivity contribution in [3.8, 4) is 0 Å². The van der Waals surface area contributed by atoms with Crippen molar-refractivity contribution in [1.82, 2.24) is 30.5 Å². The number of amides is 1. The van der Waals surface area contributed by atoms with E-state index in [1.807, 2.05) is 11.8 Å². The maximum Gasteiger partial charge on any atom is 0.280 e. The zero-order valence-electron chi connectivity index (χ0n) is 19.3. The maximum absolute atomic E-state index is 13.8. The number of rotatable bonds is 8. The highest BCUT2D eigenvalue weighted by Crippen LogP contribution is 2.45.